The molecule has 9 atom stereocenters. The molecule has 0 saturated heterocycles. The first-order chi connectivity index (χ1) is 33.3. The van der Waals surface area contributed by atoms with E-state index in [0.29, 0.717) is 5.56 Å². The Kier molecular flexibility index (Phi) is 27.1. The minimum atomic E-state index is -1.75. The van der Waals surface area contributed by atoms with Crippen molar-refractivity contribution in [3.63, 3.8) is 0 Å². The molecule has 0 spiro atoms. The van der Waals surface area contributed by atoms with E-state index in [1.54, 1.807) is 27.7 Å². The van der Waals surface area contributed by atoms with Crippen molar-refractivity contribution in [3.8, 4) is 5.75 Å². The van der Waals surface area contributed by atoms with Crippen LogP contribution in [0.3, 0.4) is 0 Å². The van der Waals surface area contributed by atoms with Crippen molar-refractivity contribution in [2.24, 2.45) is 34.0 Å². The number of aliphatic hydroxyl groups excluding tert-OH is 4. The first-order valence-electron chi connectivity index (χ1n) is 22.2. The van der Waals surface area contributed by atoms with Crippen LogP contribution in [0.25, 0.3) is 0 Å². The third-order valence-electron chi connectivity index (χ3n) is 10.2. The molecule has 29 nitrogen and oxygen atoms in total. The fraction of sp³-hybridized carbons (Fsp3) is 0.595. The topological polar surface area (TPSA) is 491 Å². The first-order valence-corrected chi connectivity index (χ1v) is 22.2. The number of phenols is 1. The molecule has 0 aliphatic heterocycles. The van der Waals surface area contributed by atoms with Gasteiger partial charge in [-0.25, -0.2) is 4.79 Å². The van der Waals surface area contributed by atoms with Gasteiger partial charge in [-0.3, -0.25) is 48.1 Å². The van der Waals surface area contributed by atoms with Crippen molar-refractivity contribution in [3.05, 3.63) is 29.8 Å². The quantitative estimate of drug-likeness (QED) is 0.0187. The van der Waals surface area contributed by atoms with Crippen LogP contribution in [0, 0.1) is 11.8 Å². The van der Waals surface area contributed by atoms with Crippen LogP contribution in [0.2, 0.25) is 0 Å². The van der Waals surface area contributed by atoms with E-state index in [-0.39, 0.29) is 37.5 Å². The molecule has 0 aromatic heterocycles. The number of aliphatic imine (C=N–C) groups is 1. The summed E-state index contributed by atoms with van der Waals surface area (Å²) in [5, 5.41) is 79.1. The zero-order valence-electron chi connectivity index (χ0n) is 40.0. The maximum Gasteiger partial charge on any atom is 0.326 e. The summed E-state index contributed by atoms with van der Waals surface area (Å²) in [6.45, 7) is 2.98. The second-order valence-corrected chi connectivity index (χ2v) is 16.8. The van der Waals surface area contributed by atoms with Gasteiger partial charge in [0.2, 0.25) is 53.2 Å². The largest absolute Gasteiger partial charge is 0.508 e. The number of guanidine groups is 1. The van der Waals surface area contributed by atoms with E-state index in [4.69, 9.17) is 17.2 Å². The van der Waals surface area contributed by atoms with E-state index in [1.807, 2.05) is 0 Å². The number of nitrogens with one attached hydrogen (secondary N) is 9. The van der Waals surface area contributed by atoms with Gasteiger partial charge in [-0.05, 0) is 49.3 Å². The Morgan fingerprint density at radius 2 is 1.04 bits per heavy atom. The van der Waals surface area contributed by atoms with E-state index < -0.39 is 158 Å². The maximum absolute atomic E-state index is 13.9. The molecule has 1 aromatic carbocycles. The summed E-state index contributed by atoms with van der Waals surface area (Å²) < 4.78 is 0. The number of rotatable bonds is 31. The molecule has 21 N–H and O–H groups in total. The lowest BCUT2D eigenvalue weighted by molar-refractivity contribution is -0.144. The predicted molar refractivity (Wildman–Crippen MR) is 249 cm³/mol. The lowest BCUT2D eigenvalue weighted by Gasteiger charge is -2.28. The van der Waals surface area contributed by atoms with Crippen LogP contribution in [0.15, 0.2) is 29.3 Å². The van der Waals surface area contributed by atoms with Gasteiger partial charge in [-0.1, -0.05) is 39.8 Å². The van der Waals surface area contributed by atoms with Crippen LogP contribution in [0.1, 0.15) is 53.0 Å². The number of nitrogens with two attached hydrogens (primary N) is 3. The number of nitrogens with zero attached hydrogens (tertiary/aromatic N) is 1. The van der Waals surface area contributed by atoms with Crippen LogP contribution >= 0.6 is 0 Å². The van der Waals surface area contributed by atoms with Gasteiger partial charge in [0.1, 0.15) is 54.1 Å². The molecule has 0 fully saturated rings. The lowest BCUT2D eigenvalue weighted by Crippen LogP contribution is -2.60. The summed E-state index contributed by atoms with van der Waals surface area (Å²) in [6.07, 6.45) is -1.96. The number of carbonyl (C=O) groups is 10. The highest BCUT2D eigenvalue weighted by Gasteiger charge is 2.35. The van der Waals surface area contributed by atoms with Crippen LogP contribution in [0.4, 0.5) is 0 Å². The number of carbonyl (C=O) groups excluding carboxylic acids is 9. The molecule has 398 valence electrons. The Bertz CT molecular complexity index is 2020. The molecule has 0 unspecified atom stereocenters. The van der Waals surface area contributed by atoms with Gasteiger partial charge in [0.05, 0.1) is 39.0 Å². The molecule has 1 aromatic rings. The Labute approximate surface area is 408 Å². The highest BCUT2D eigenvalue weighted by molar-refractivity contribution is 5.97. The number of carboxylic acids is 1. The number of carboxylic acid groups (broad SMARTS) is 1. The highest BCUT2D eigenvalue weighted by Crippen LogP contribution is 2.13. The Balaban J connectivity index is 3.11. The van der Waals surface area contributed by atoms with Crippen LogP contribution in [0.5, 0.6) is 5.75 Å². The third-order valence-corrected chi connectivity index (χ3v) is 10.2. The van der Waals surface area contributed by atoms with Gasteiger partial charge in [-0.15, -0.1) is 0 Å². The van der Waals surface area contributed by atoms with Crippen molar-refractivity contribution in [2.45, 2.75) is 108 Å². The average Bonchev–Trinajstić information content (AvgIpc) is 3.30. The maximum atomic E-state index is 13.9. The van der Waals surface area contributed by atoms with E-state index >= 15 is 0 Å². The van der Waals surface area contributed by atoms with Crippen molar-refractivity contribution < 1.29 is 78.6 Å². The monoisotopic (exact) mass is 1010 g/mol. The molecular formula is C42H69N13O16. The molecule has 9 amide bonds. The molecule has 0 bridgehead atoms. The SMILES string of the molecule is CC(C)[C@H](NC(=O)[C@@H](NC(=O)[C@@H](NC(=O)CNC(=O)CNC(=O)[C@H](CO)NC(=O)[C@H](CCCN=C(N)N)NC(=O)[C@H](Cc1ccc(O)cc1)NC(=O)[C@H](CO)NC(=O)[C@@H](N)CO)[C@@H](C)O)C(C)C)C(=O)O. The summed E-state index contributed by atoms with van der Waals surface area (Å²) >= 11 is 0. The Hall–Kier alpha value is -7.21. The van der Waals surface area contributed by atoms with Crippen LogP contribution < -0.4 is 65.1 Å². The number of hydrogen-bond acceptors (Lipinski definition) is 17. The number of aliphatic hydroxyl groups is 4. The Morgan fingerprint density at radius 3 is 1.56 bits per heavy atom. The van der Waals surface area contributed by atoms with Crippen LogP contribution in [-0.4, -0.2) is 190 Å². The van der Waals surface area contributed by atoms with Crippen molar-refractivity contribution in [1.82, 2.24) is 47.9 Å². The third kappa shape index (κ3) is 22.4. The second kappa shape index (κ2) is 31.1. The van der Waals surface area contributed by atoms with E-state index in [1.165, 1.54) is 24.3 Å². The van der Waals surface area contributed by atoms with E-state index in [9.17, 15) is 78.6 Å². The molecule has 0 aliphatic carbocycles. The van der Waals surface area contributed by atoms with E-state index in [0.717, 1.165) is 6.92 Å². The fourth-order valence-corrected chi connectivity index (χ4v) is 6.11. The second-order valence-electron chi connectivity index (χ2n) is 16.8. The Morgan fingerprint density at radius 1 is 0.563 bits per heavy atom. The van der Waals surface area contributed by atoms with Gasteiger partial charge in [0.25, 0.3) is 0 Å². The first kappa shape index (κ1) is 61.8. The summed E-state index contributed by atoms with van der Waals surface area (Å²) in [4.78, 5) is 133. The number of phenolic OH excluding ortho intramolecular Hbond substituents is 1. The van der Waals surface area contributed by atoms with Gasteiger partial charge < -0.3 is 95.7 Å². The van der Waals surface area contributed by atoms with Gasteiger partial charge >= 0.3 is 5.97 Å². The zero-order valence-corrected chi connectivity index (χ0v) is 40.0. The van der Waals surface area contributed by atoms with Gasteiger partial charge in [0, 0.05) is 13.0 Å². The number of aliphatic carboxylic acids is 1. The number of benzene rings is 1. The lowest BCUT2D eigenvalue weighted by atomic mass is 9.99. The average molecular weight is 1010 g/mol. The minimum Gasteiger partial charge on any atom is -0.508 e. The van der Waals surface area contributed by atoms with Gasteiger partial charge in [0.15, 0.2) is 5.96 Å². The normalized spacial score (nSPS) is 14.8. The fourth-order valence-electron chi connectivity index (χ4n) is 6.11. The number of amides is 9. The molecule has 0 heterocycles. The molecule has 71 heavy (non-hydrogen) atoms. The molecule has 0 saturated carbocycles. The number of aromatic hydroxyl groups is 1. The molecular weight excluding hydrogens is 943 g/mol. The van der Waals surface area contributed by atoms with Crippen molar-refractivity contribution in [1.29, 1.82) is 0 Å². The predicted octanol–water partition coefficient (Wildman–Crippen LogP) is -8.30. The highest BCUT2D eigenvalue weighted by atomic mass is 16.4. The van der Waals surface area contributed by atoms with Crippen molar-refractivity contribution >= 4 is 65.1 Å². The minimum absolute atomic E-state index is 0.0418. The smallest absolute Gasteiger partial charge is 0.326 e. The molecule has 0 radical (unpaired) electrons. The zero-order chi connectivity index (χ0) is 54.1. The van der Waals surface area contributed by atoms with Crippen molar-refractivity contribution in [2.75, 3.05) is 39.5 Å². The standard InChI is InChI=1S/C42H69N13O16/c1-19(2)31(39(68)55-32(20(3)4)41(70)71)54-40(69)33(21(5)59)53-30(62)15-47-29(61)14-48-35(64)27(17-57)52-36(65)25(7-6-12-46-42(44)45)49-37(66)26(13-22-8-10-23(60)11-9-22)50-38(67)28(18-58)51-34(63)24(43)16-56/h8-11,19-21,24-28,31-33,56-60H,6-7,12-18,43H2,1-5H3,(H,47,61)(H,48,64)(H,49,66)(H,50,67)(H,51,63)(H,52,65)(H,53,62)(H,54,69)(H,55,68)(H,70,71)(H4,44,45,46)/t21-,24+,25+,26+,27+,28+,31+,32+,33+/m1/s1. The molecule has 1 rings (SSSR count). The summed E-state index contributed by atoms with van der Waals surface area (Å²) in [7, 11) is 0. The van der Waals surface area contributed by atoms with Crippen LogP contribution in [-0.2, 0) is 54.4 Å². The molecule has 0 aliphatic rings. The van der Waals surface area contributed by atoms with Gasteiger partial charge in [-0.2, -0.15) is 0 Å². The summed E-state index contributed by atoms with van der Waals surface area (Å²) in [6, 6.07) is -6.68. The van der Waals surface area contributed by atoms with E-state index in [2.05, 4.69) is 52.8 Å². The number of hydrogen-bond donors (Lipinski definition) is 18. The summed E-state index contributed by atoms with van der Waals surface area (Å²) in [5.41, 5.74) is 16.7. The summed E-state index contributed by atoms with van der Waals surface area (Å²) in [5.74, 6) is -11.8. The molecule has 29 heteroatoms.